The maximum atomic E-state index is 14.5. The fraction of sp³-hybridized carbons (Fsp3) is 0.303. The zero-order valence-electron chi connectivity index (χ0n) is 26.1. The van der Waals surface area contributed by atoms with E-state index in [2.05, 4.69) is 15.3 Å². The summed E-state index contributed by atoms with van der Waals surface area (Å²) in [5.74, 6) is -6.34. The lowest BCUT2D eigenvalue weighted by molar-refractivity contribution is -0.137. The molecule has 1 amide bonds. The van der Waals surface area contributed by atoms with Crippen LogP contribution < -0.4 is 15.1 Å². The summed E-state index contributed by atoms with van der Waals surface area (Å²) in [6, 6.07) is 11.9. The van der Waals surface area contributed by atoms with Crippen LogP contribution >= 0.6 is 0 Å². The summed E-state index contributed by atoms with van der Waals surface area (Å²) < 4.78 is 123. The normalized spacial score (nSPS) is 17.3. The lowest BCUT2D eigenvalue weighted by Gasteiger charge is -2.36. The van der Waals surface area contributed by atoms with Gasteiger partial charge in [-0.05, 0) is 55.3 Å². The van der Waals surface area contributed by atoms with Crippen LogP contribution in [0.25, 0.3) is 11.3 Å². The Morgan fingerprint density at radius 2 is 1.50 bits per heavy atom. The van der Waals surface area contributed by atoms with Crippen LogP contribution in [-0.2, 0) is 27.5 Å². The molecule has 0 radical (unpaired) electrons. The van der Waals surface area contributed by atoms with Crippen molar-refractivity contribution in [1.82, 2.24) is 19.6 Å². The molecule has 0 spiro atoms. The van der Waals surface area contributed by atoms with E-state index in [0.29, 0.717) is 49.6 Å². The van der Waals surface area contributed by atoms with Gasteiger partial charge >= 0.3 is 6.18 Å². The van der Waals surface area contributed by atoms with Gasteiger partial charge in [0.25, 0.3) is 0 Å². The molecule has 2 fully saturated rings. The molecule has 0 bridgehead atoms. The average molecular weight is 723 g/mol. The molecule has 2 aliphatic rings. The number of hydrogen-bond acceptors (Lipinski definition) is 7. The number of rotatable bonds is 8. The molecule has 0 aliphatic carbocycles. The quantitative estimate of drug-likeness (QED) is 0.189. The average Bonchev–Trinajstić information content (AvgIpc) is 3.61. The van der Waals surface area contributed by atoms with Gasteiger partial charge in [0.2, 0.25) is 21.9 Å². The van der Waals surface area contributed by atoms with E-state index in [1.807, 2.05) is 9.80 Å². The van der Waals surface area contributed by atoms with Crippen molar-refractivity contribution in [2.24, 2.45) is 0 Å². The Labute approximate surface area is 282 Å². The Morgan fingerprint density at radius 1 is 0.820 bits per heavy atom. The molecule has 2 saturated heterocycles. The van der Waals surface area contributed by atoms with E-state index in [-0.39, 0.29) is 49.1 Å². The van der Waals surface area contributed by atoms with Gasteiger partial charge in [-0.3, -0.25) is 4.79 Å². The van der Waals surface area contributed by atoms with E-state index in [4.69, 9.17) is 0 Å². The molecule has 1 atom stereocenters. The van der Waals surface area contributed by atoms with Crippen molar-refractivity contribution in [2.45, 2.75) is 36.5 Å². The summed E-state index contributed by atoms with van der Waals surface area (Å²) in [6.07, 6.45) is -4.26. The Balaban J connectivity index is 1.23. The number of alkyl halides is 3. The van der Waals surface area contributed by atoms with Gasteiger partial charge in [0, 0.05) is 38.3 Å². The zero-order chi connectivity index (χ0) is 35.8. The maximum Gasteiger partial charge on any atom is 0.416 e. The standard InChI is InChI=1S/C33H29F7N6O3S/c34-23-4-1-2-5-26(23)44-14-16-45(17-15-44)32-42-22(18-25(43-32)20-7-9-21(10-8-20)33(38,39)40)19-41-31(47)27-6-3-13-46(27)50(48,49)28-12-11-24(35)29(36)30(28)37/h1-2,4-5,7-12,18,27H,3,6,13-17,19H2,(H,41,47)/t27-/m0/s1. The Bertz CT molecular complexity index is 2010. The minimum absolute atomic E-state index is 0.0640. The fourth-order valence-electron chi connectivity index (χ4n) is 5.97. The van der Waals surface area contributed by atoms with Crippen molar-refractivity contribution >= 4 is 27.6 Å². The molecule has 1 N–H and O–H groups in total. The van der Waals surface area contributed by atoms with Gasteiger partial charge in [-0.15, -0.1) is 0 Å². The fourth-order valence-corrected chi connectivity index (χ4v) is 7.68. The number of aromatic nitrogens is 2. The second-order valence-corrected chi connectivity index (χ2v) is 13.6. The molecule has 264 valence electrons. The lowest BCUT2D eigenvalue weighted by Crippen LogP contribution is -2.47. The third-order valence-electron chi connectivity index (χ3n) is 8.57. The topological polar surface area (TPSA) is 98.7 Å². The summed E-state index contributed by atoms with van der Waals surface area (Å²) in [4.78, 5) is 25.1. The molecule has 6 rings (SSSR count). The van der Waals surface area contributed by atoms with Crippen LogP contribution in [0.2, 0.25) is 0 Å². The lowest BCUT2D eigenvalue weighted by atomic mass is 10.1. The van der Waals surface area contributed by atoms with Crippen LogP contribution in [0.1, 0.15) is 24.1 Å². The summed E-state index contributed by atoms with van der Waals surface area (Å²) >= 11 is 0. The van der Waals surface area contributed by atoms with Gasteiger partial charge in [-0.2, -0.15) is 17.5 Å². The monoisotopic (exact) mass is 722 g/mol. The summed E-state index contributed by atoms with van der Waals surface area (Å²) in [7, 11) is -4.74. The highest BCUT2D eigenvalue weighted by Crippen LogP contribution is 2.32. The van der Waals surface area contributed by atoms with E-state index < -0.39 is 56.1 Å². The van der Waals surface area contributed by atoms with Gasteiger partial charge < -0.3 is 15.1 Å². The molecular weight excluding hydrogens is 693 g/mol. The van der Waals surface area contributed by atoms with Crippen LogP contribution in [0.5, 0.6) is 0 Å². The molecule has 50 heavy (non-hydrogen) atoms. The van der Waals surface area contributed by atoms with Crippen LogP contribution in [0.3, 0.4) is 0 Å². The van der Waals surface area contributed by atoms with Crippen molar-refractivity contribution < 1.29 is 43.9 Å². The number of anilines is 2. The first-order valence-electron chi connectivity index (χ1n) is 15.5. The summed E-state index contributed by atoms with van der Waals surface area (Å²) in [5.41, 5.74) is 0.412. The number of nitrogens with one attached hydrogen (secondary N) is 1. The molecular formula is C33H29F7N6O3S. The van der Waals surface area contributed by atoms with Crippen LogP contribution in [0, 0.1) is 23.3 Å². The highest BCUT2D eigenvalue weighted by molar-refractivity contribution is 7.89. The van der Waals surface area contributed by atoms with Crippen LogP contribution in [0.15, 0.2) is 71.6 Å². The van der Waals surface area contributed by atoms with E-state index in [9.17, 15) is 43.9 Å². The van der Waals surface area contributed by atoms with Crippen molar-refractivity contribution in [2.75, 3.05) is 42.5 Å². The van der Waals surface area contributed by atoms with Crippen molar-refractivity contribution in [3.05, 3.63) is 101 Å². The number of piperazine rings is 1. The minimum atomic E-state index is -4.74. The van der Waals surface area contributed by atoms with Gasteiger partial charge in [0.15, 0.2) is 17.5 Å². The highest BCUT2D eigenvalue weighted by atomic mass is 32.2. The number of para-hydroxylation sites is 1. The molecule has 4 aromatic rings. The number of amides is 1. The molecule has 1 aromatic heterocycles. The Kier molecular flexibility index (Phi) is 9.72. The number of halogens is 7. The molecule has 0 saturated carbocycles. The first-order valence-corrected chi connectivity index (χ1v) is 16.9. The molecule has 9 nitrogen and oxygen atoms in total. The number of carbonyl (C=O) groups is 1. The first-order chi connectivity index (χ1) is 23.7. The second kappa shape index (κ2) is 13.9. The maximum absolute atomic E-state index is 14.5. The van der Waals surface area contributed by atoms with Crippen LogP contribution in [0.4, 0.5) is 42.4 Å². The Hall–Kier alpha value is -4.77. The van der Waals surface area contributed by atoms with Gasteiger partial charge in [0.1, 0.15) is 16.8 Å². The predicted molar refractivity (Wildman–Crippen MR) is 168 cm³/mol. The second-order valence-electron chi connectivity index (χ2n) is 11.7. The molecule has 3 aromatic carbocycles. The zero-order valence-corrected chi connectivity index (χ0v) is 26.9. The molecule has 17 heteroatoms. The van der Waals surface area contributed by atoms with Crippen molar-refractivity contribution in [3.8, 4) is 11.3 Å². The van der Waals surface area contributed by atoms with E-state index in [1.54, 1.807) is 18.2 Å². The van der Waals surface area contributed by atoms with Crippen molar-refractivity contribution in [3.63, 3.8) is 0 Å². The number of hydrogen-bond donors (Lipinski definition) is 1. The highest BCUT2D eigenvalue weighted by Gasteiger charge is 2.41. The molecule has 3 heterocycles. The smallest absolute Gasteiger partial charge is 0.366 e. The third-order valence-corrected chi connectivity index (χ3v) is 10.5. The summed E-state index contributed by atoms with van der Waals surface area (Å²) in [5, 5.41) is 2.62. The molecule has 0 unspecified atom stereocenters. The summed E-state index contributed by atoms with van der Waals surface area (Å²) in [6.45, 7) is 1.13. The van der Waals surface area contributed by atoms with Gasteiger partial charge in [-0.1, -0.05) is 24.3 Å². The van der Waals surface area contributed by atoms with Crippen LogP contribution in [-0.4, -0.2) is 67.4 Å². The van der Waals surface area contributed by atoms with E-state index in [1.165, 1.54) is 24.3 Å². The molecule has 2 aliphatic heterocycles. The number of benzene rings is 3. The number of sulfonamides is 1. The first kappa shape index (κ1) is 35.1. The van der Waals surface area contributed by atoms with Gasteiger partial charge in [-0.25, -0.2) is 35.9 Å². The van der Waals surface area contributed by atoms with Gasteiger partial charge in [0.05, 0.1) is 29.2 Å². The largest absolute Gasteiger partial charge is 0.416 e. The number of carbonyl (C=O) groups excluding carboxylic acids is 1. The van der Waals surface area contributed by atoms with E-state index >= 15 is 0 Å². The Morgan fingerprint density at radius 3 is 2.18 bits per heavy atom. The SMILES string of the molecule is O=C(NCc1cc(-c2ccc(C(F)(F)F)cc2)nc(N2CCN(c3ccccc3F)CC2)n1)[C@@H]1CCCN1S(=O)(=O)c1ccc(F)c(F)c1F. The third kappa shape index (κ3) is 7.10. The predicted octanol–water partition coefficient (Wildman–Crippen LogP) is 5.51. The van der Waals surface area contributed by atoms with E-state index in [0.717, 1.165) is 16.4 Å². The van der Waals surface area contributed by atoms with Crippen molar-refractivity contribution in [1.29, 1.82) is 0 Å². The minimum Gasteiger partial charge on any atom is -0.366 e. The number of nitrogens with zero attached hydrogens (tertiary/aromatic N) is 5.